The van der Waals surface area contributed by atoms with Crippen LogP contribution in [0.2, 0.25) is 5.02 Å². The Kier molecular flexibility index (Phi) is 5.47. The third-order valence-corrected chi connectivity index (χ3v) is 5.06. The number of benzene rings is 1. The third-order valence-electron chi connectivity index (χ3n) is 4.83. The van der Waals surface area contributed by atoms with Gasteiger partial charge in [0.2, 0.25) is 0 Å². The molecule has 0 spiro atoms. The van der Waals surface area contributed by atoms with Crippen molar-refractivity contribution in [2.75, 3.05) is 24.5 Å². The molecule has 4 rings (SSSR count). The van der Waals surface area contributed by atoms with Crippen LogP contribution in [-0.4, -0.2) is 46.8 Å². The minimum absolute atomic E-state index is 0.269. The van der Waals surface area contributed by atoms with Crippen molar-refractivity contribution in [2.24, 2.45) is 0 Å². The number of aromatic nitrogens is 3. The van der Waals surface area contributed by atoms with E-state index in [2.05, 4.69) is 20.3 Å². The second-order valence-electron chi connectivity index (χ2n) is 6.92. The number of hydrogen-bond donors (Lipinski definition) is 2. The van der Waals surface area contributed by atoms with Gasteiger partial charge in [0, 0.05) is 48.2 Å². The van der Waals surface area contributed by atoms with Gasteiger partial charge in [0.25, 0.3) is 0 Å². The first-order valence-corrected chi connectivity index (χ1v) is 9.59. The molecular formula is C20H19ClF3N5. The fourth-order valence-corrected chi connectivity index (χ4v) is 3.69. The van der Waals surface area contributed by atoms with E-state index in [4.69, 9.17) is 11.6 Å². The van der Waals surface area contributed by atoms with Crippen molar-refractivity contribution in [3.8, 4) is 22.6 Å². The zero-order valence-corrected chi connectivity index (χ0v) is 16.1. The fourth-order valence-electron chi connectivity index (χ4n) is 3.50. The van der Waals surface area contributed by atoms with E-state index >= 15 is 0 Å². The summed E-state index contributed by atoms with van der Waals surface area (Å²) in [5.41, 5.74) is 2.37. The number of halogens is 4. The highest BCUT2D eigenvalue weighted by molar-refractivity contribution is 6.30. The Labute approximate surface area is 170 Å². The van der Waals surface area contributed by atoms with E-state index in [1.54, 1.807) is 35.5 Å². The van der Waals surface area contributed by atoms with Gasteiger partial charge in [0.15, 0.2) is 0 Å². The lowest BCUT2D eigenvalue weighted by atomic mass is 10.1. The lowest BCUT2D eigenvalue weighted by molar-refractivity contribution is -0.138. The molecule has 29 heavy (non-hydrogen) atoms. The number of imidazole rings is 1. The summed E-state index contributed by atoms with van der Waals surface area (Å²) in [6.45, 7) is 1.34. The van der Waals surface area contributed by atoms with Crippen molar-refractivity contribution < 1.29 is 13.2 Å². The lowest BCUT2D eigenvalue weighted by Crippen LogP contribution is -2.53. The van der Waals surface area contributed by atoms with Gasteiger partial charge in [-0.3, -0.25) is 0 Å². The minimum Gasteiger partial charge on any atom is -0.351 e. The highest BCUT2D eigenvalue weighted by atomic mass is 35.5. The molecule has 1 saturated heterocycles. The van der Waals surface area contributed by atoms with Crippen molar-refractivity contribution in [3.05, 3.63) is 53.8 Å². The number of nitrogens with zero attached hydrogens (tertiary/aromatic N) is 3. The smallest absolute Gasteiger partial charge is 0.351 e. The SMILES string of the molecule is FC(F)(F)CC1CNCCN1c1cc(-c2nc(-c3cccc(Cl)c3)c[nH]2)ccn1. The van der Waals surface area contributed by atoms with E-state index in [0.717, 1.165) is 16.8 Å². The normalized spacial score (nSPS) is 17.5. The van der Waals surface area contributed by atoms with Crippen LogP contribution in [0.3, 0.4) is 0 Å². The predicted octanol–water partition coefficient (Wildman–Crippen LogP) is 4.52. The van der Waals surface area contributed by atoms with Crippen molar-refractivity contribution in [1.82, 2.24) is 20.3 Å². The summed E-state index contributed by atoms with van der Waals surface area (Å²) in [5.74, 6) is 1.13. The molecule has 0 amide bonds. The largest absolute Gasteiger partial charge is 0.391 e. The summed E-state index contributed by atoms with van der Waals surface area (Å²) < 4.78 is 38.9. The van der Waals surface area contributed by atoms with Gasteiger partial charge in [0.05, 0.1) is 18.2 Å². The van der Waals surface area contributed by atoms with Crippen LogP contribution < -0.4 is 10.2 Å². The summed E-state index contributed by atoms with van der Waals surface area (Å²) in [6.07, 6.45) is -1.74. The number of aromatic amines is 1. The average Bonchev–Trinajstić information content (AvgIpc) is 3.18. The Morgan fingerprint density at radius 1 is 1.17 bits per heavy atom. The van der Waals surface area contributed by atoms with Gasteiger partial charge in [-0.15, -0.1) is 0 Å². The Morgan fingerprint density at radius 2 is 2.03 bits per heavy atom. The van der Waals surface area contributed by atoms with E-state index in [1.807, 2.05) is 18.2 Å². The summed E-state index contributed by atoms with van der Waals surface area (Å²) in [7, 11) is 0. The number of nitrogens with one attached hydrogen (secondary N) is 2. The molecule has 0 bridgehead atoms. The molecule has 2 N–H and O–H groups in total. The molecular weight excluding hydrogens is 403 g/mol. The van der Waals surface area contributed by atoms with Crippen molar-refractivity contribution >= 4 is 17.4 Å². The zero-order chi connectivity index (χ0) is 20.4. The molecule has 1 fully saturated rings. The minimum atomic E-state index is -4.23. The molecule has 0 saturated carbocycles. The number of rotatable bonds is 4. The highest BCUT2D eigenvalue weighted by Gasteiger charge is 2.36. The van der Waals surface area contributed by atoms with E-state index < -0.39 is 18.6 Å². The van der Waals surface area contributed by atoms with Crippen LogP contribution >= 0.6 is 11.6 Å². The van der Waals surface area contributed by atoms with Crippen LogP contribution in [0.4, 0.5) is 19.0 Å². The van der Waals surface area contributed by atoms with Crippen molar-refractivity contribution in [1.29, 1.82) is 0 Å². The summed E-state index contributed by atoms with van der Waals surface area (Å²) >= 11 is 6.05. The molecule has 152 valence electrons. The Morgan fingerprint density at radius 3 is 2.83 bits per heavy atom. The second-order valence-corrected chi connectivity index (χ2v) is 7.35. The topological polar surface area (TPSA) is 56.8 Å². The van der Waals surface area contributed by atoms with Gasteiger partial charge in [-0.2, -0.15) is 13.2 Å². The second kappa shape index (κ2) is 8.04. The maximum atomic E-state index is 13.0. The van der Waals surface area contributed by atoms with Crippen LogP contribution in [0.15, 0.2) is 48.8 Å². The summed E-state index contributed by atoms with van der Waals surface area (Å²) in [5, 5.41) is 3.65. The van der Waals surface area contributed by atoms with Crippen LogP contribution in [0.1, 0.15) is 6.42 Å². The van der Waals surface area contributed by atoms with Crippen LogP contribution in [0, 0.1) is 0 Å². The highest BCUT2D eigenvalue weighted by Crippen LogP contribution is 2.29. The monoisotopic (exact) mass is 421 g/mol. The molecule has 1 aliphatic rings. The molecule has 2 aromatic heterocycles. The van der Waals surface area contributed by atoms with Crippen molar-refractivity contribution in [2.45, 2.75) is 18.6 Å². The molecule has 1 aliphatic heterocycles. The molecule has 0 radical (unpaired) electrons. The number of hydrogen-bond acceptors (Lipinski definition) is 4. The molecule has 3 aromatic rings. The molecule has 1 atom stereocenters. The van der Waals surface area contributed by atoms with Crippen molar-refractivity contribution in [3.63, 3.8) is 0 Å². The molecule has 0 aliphatic carbocycles. The van der Waals surface area contributed by atoms with Gasteiger partial charge in [-0.25, -0.2) is 9.97 Å². The quantitative estimate of drug-likeness (QED) is 0.650. The number of anilines is 1. The Hall–Kier alpha value is -2.58. The van der Waals surface area contributed by atoms with Gasteiger partial charge in [-0.1, -0.05) is 23.7 Å². The maximum Gasteiger partial charge on any atom is 0.391 e. The number of alkyl halides is 3. The van der Waals surface area contributed by atoms with E-state index in [-0.39, 0.29) is 6.54 Å². The van der Waals surface area contributed by atoms with Gasteiger partial charge in [0.1, 0.15) is 11.6 Å². The summed E-state index contributed by atoms with van der Waals surface area (Å²) in [4.78, 5) is 13.8. The first-order chi connectivity index (χ1) is 13.9. The number of pyridine rings is 1. The Balaban J connectivity index is 1.60. The van der Waals surface area contributed by atoms with E-state index in [9.17, 15) is 13.2 Å². The molecule has 9 heteroatoms. The first kappa shape index (κ1) is 19.7. The molecule has 5 nitrogen and oxygen atoms in total. The fraction of sp³-hybridized carbons (Fsp3) is 0.300. The molecule has 1 unspecified atom stereocenters. The van der Waals surface area contributed by atoms with Crippen LogP contribution in [0.25, 0.3) is 22.6 Å². The Bertz CT molecular complexity index is 988. The first-order valence-electron chi connectivity index (χ1n) is 9.21. The van der Waals surface area contributed by atoms with E-state index in [1.165, 1.54) is 0 Å². The van der Waals surface area contributed by atoms with Gasteiger partial charge < -0.3 is 15.2 Å². The number of H-pyrrole nitrogens is 1. The average molecular weight is 422 g/mol. The predicted molar refractivity (Wildman–Crippen MR) is 107 cm³/mol. The molecule has 1 aromatic carbocycles. The maximum absolute atomic E-state index is 13.0. The van der Waals surface area contributed by atoms with E-state index in [0.29, 0.717) is 29.8 Å². The van der Waals surface area contributed by atoms with Crippen LogP contribution in [-0.2, 0) is 0 Å². The summed E-state index contributed by atoms with van der Waals surface area (Å²) in [6, 6.07) is 10.2. The van der Waals surface area contributed by atoms with Gasteiger partial charge >= 0.3 is 6.18 Å². The lowest BCUT2D eigenvalue weighted by Gasteiger charge is -2.37. The zero-order valence-electron chi connectivity index (χ0n) is 15.4. The van der Waals surface area contributed by atoms with Gasteiger partial charge in [-0.05, 0) is 24.3 Å². The van der Waals surface area contributed by atoms with Crippen LogP contribution in [0.5, 0.6) is 0 Å². The standard InChI is InChI=1S/C20H19ClF3N5/c21-15-3-1-2-13(8-15)17-12-27-19(28-17)14-4-5-26-18(9-14)29-7-6-25-11-16(29)10-20(22,23)24/h1-5,8-9,12,16,25H,6-7,10-11H2,(H,27,28). The number of piperazine rings is 1. The third kappa shape index (κ3) is 4.71. The molecule has 3 heterocycles.